The van der Waals surface area contributed by atoms with Crippen LogP contribution in [0.2, 0.25) is 0 Å². The number of hydrogen-bond donors (Lipinski definition) is 2. The number of benzene rings is 1. The Morgan fingerprint density at radius 1 is 1.06 bits per heavy atom. The van der Waals surface area contributed by atoms with Gasteiger partial charge < -0.3 is 19.9 Å². The second-order valence-corrected chi connectivity index (χ2v) is 11.2. The van der Waals surface area contributed by atoms with Crippen LogP contribution in [0.1, 0.15) is 58.6 Å². The van der Waals surface area contributed by atoms with Gasteiger partial charge in [-0.3, -0.25) is 14.5 Å². The highest BCUT2D eigenvalue weighted by Gasteiger charge is 2.52. The van der Waals surface area contributed by atoms with Crippen LogP contribution >= 0.6 is 0 Å². The van der Waals surface area contributed by atoms with Gasteiger partial charge in [-0.2, -0.15) is 0 Å². The van der Waals surface area contributed by atoms with E-state index in [4.69, 9.17) is 0 Å². The third-order valence-corrected chi connectivity index (χ3v) is 6.62. The number of carboxylic acid groups (broad SMARTS) is 1. The van der Waals surface area contributed by atoms with E-state index in [-0.39, 0.29) is 23.9 Å². The zero-order valence-corrected chi connectivity index (χ0v) is 20.1. The van der Waals surface area contributed by atoms with Crippen molar-refractivity contribution in [2.45, 2.75) is 71.6 Å². The molecule has 2 aromatic rings. The van der Waals surface area contributed by atoms with Crippen molar-refractivity contribution in [3.05, 3.63) is 30.1 Å². The number of para-hydroxylation sites is 2. The summed E-state index contributed by atoms with van der Waals surface area (Å²) < 4.78 is 0. The Bertz CT molecular complexity index is 1060. The molecule has 9 heteroatoms. The molecule has 178 valence electrons. The maximum Gasteiger partial charge on any atom is 0.408 e. The van der Waals surface area contributed by atoms with E-state index < -0.39 is 23.1 Å². The molecule has 2 aliphatic rings. The molecular weight excluding hydrogens is 422 g/mol. The number of amides is 3. The van der Waals surface area contributed by atoms with E-state index >= 15 is 0 Å². The topological polar surface area (TPSA) is 110 Å². The van der Waals surface area contributed by atoms with Crippen molar-refractivity contribution in [1.82, 2.24) is 24.7 Å². The number of piperazine rings is 1. The highest BCUT2D eigenvalue weighted by molar-refractivity contribution is 5.95. The summed E-state index contributed by atoms with van der Waals surface area (Å²) in [5.74, 6) is -0.0536. The van der Waals surface area contributed by atoms with Gasteiger partial charge in [-0.05, 0) is 44.7 Å². The molecule has 4 rings (SSSR count). The third-order valence-electron chi connectivity index (χ3n) is 6.62. The second kappa shape index (κ2) is 7.74. The fourth-order valence-corrected chi connectivity index (χ4v) is 5.19. The zero-order chi connectivity index (χ0) is 24.3. The first-order valence-electron chi connectivity index (χ1n) is 11.4. The van der Waals surface area contributed by atoms with E-state index in [0.717, 1.165) is 11.0 Å². The average molecular weight is 456 g/mol. The Morgan fingerprint density at radius 3 is 2.18 bits per heavy atom. The van der Waals surface area contributed by atoms with Crippen molar-refractivity contribution >= 4 is 28.9 Å². The number of H-pyrrole nitrogens is 1. The first-order chi connectivity index (χ1) is 15.3. The average Bonchev–Trinajstić information content (AvgIpc) is 3.41. The van der Waals surface area contributed by atoms with Gasteiger partial charge in [0.05, 0.1) is 23.1 Å². The number of nitrogens with one attached hydrogen (secondary N) is 1. The number of aromatic amines is 1. The molecule has 0 unspecified atom stereocenters. The minimum Gasteiger partial charge on any atom is -0.465 e. The Balaban J connectivity index is 1.54. The largest absolute Gasteiger partial charge is 0.465 e. The van der Waals surface area contributed by atoms with Crippen LogP contribution in [0.3, 0.4) is 0 Å². The van der Waals surface area contributed by atoms with Gasteiger partial charge in [0.15, 0.2) is 5.82 Å². The van der Waals surface area contributed by atoms with Crippen molar-refractivity contribution in [2.24, 2.45) is 5.41 Å². The maximum absolute atomic E-state index is 13.7. The van der Waals surface area contributed by atoms with Gasteiger partial charge in [-0.25, -0.2) is 9.78 Å². The third kappa shape index (κ3) is 4.05. The summed E-state index contributed by atoms with van der Waals surface area (Å²) in [6.07, 6.45) is -0.418. The lowest BCUT2D eigenvalue weighted by molar-refractivity contribution is -0.145. The van der Waals surface area contributed by atoms with Crippen molar-refractivity contribution in [3.63, 3.8) is 0 Å². The lowest BCUT2D eigenvalue weighted by atomic mass is 9.82. The molecule has 2 bridgehead atoms. The van der Waals surface area contributed by atoms with Gasteiger partial charge in [0.1, 0.15) is 6.04 Å². The summed E-state index contributed by atoms with van der Waals surface area (Å²) in [7, 11) is 0. The Hall–Kier alpha value is -3.10. The predicted molar refractivity (Wildman–Crippen MR) is 124 cm³/mol. The van der Waals surface area contributed by atoms with Crippen molar-refractivity contribution in [1.29, 1.82) is 0 Å². The number of carbonyl (C=O) groups excluding carboxylic acids is 2. The van der Waals surface area contributed by atoms with Crippen molar-refractivity contribution in [3.8, 4) is 0 Å². The van der Waals surface area contributed by atoms with Gasteiger partial charge in [-0.1, -0.05) is 32.9 Å². The molecule has 1 aromatic heterocycles. The molecule has 33 heavy (non-hydrogen) atoms. The van der Waals surface area contributed by atoms with E-state index in [1.807, 2.05) is 45.0 Å². The van der Waals surface area contributed by atoms with E-state index in [2.05, 4.69) is 9.97 Å². The van der Waals surface area contributed by atoms with Gasteiger partial charge in [0, 0.05) is 18.6 Å². The van der Waals surface area contributed by atoms with E-state index in [1.165, 1.54) is 4.90 Å². The fraction of sp³-hybridized carbons (Fsp3) is 0.583. The molecule has 2 aliphatic heterocycles. The smallest absolute Gasteiger partial charge is 0.408 e. The highest BCUT2D eigenvalue weighted by Crippen LogP contribution is 2.37. The van der Waals surface area contributed by atoms with Crippen LogP contribution in [-0.4, -0.2) is 84.4 Å². The monoisotopic (exact) mass is 455 g/mol. The molecule has 0 radical (unpaired) electrons. The Morgan fingerprint density at radius 2 is 1.67 bits per heavy atom. The normalized spacial score (nSPS) is 21.5. The first-order valence-corrected chi connectivity index (χ1v) is 11.4. The van der Waals surface area contributed by atoms with E-state index in [9.17, 15) is 19.5 Å². The molecule has 9 nitrogen and oxygen atoms in total. The quantitative estimate of drug-likeness (QED) is 0.739. The van der Waals surface area contributed by atoms with Gasteiger partial charge in [-0.15, -0.1) is 0 Å². The lowest BCUT2D eigenvalue weighted by Gasteiger charge is -2.47. The number of fused-ring (bicyclic) bond motifs is 3. The number of imidazole rings is 1. The Labute approximate surface area is 193 Å². The minimum atomic E-state index is -1.11. The molecule has 2 saturated heterocycles. The molecule has 2 fully saturated rings. The molecule has 3 atom stereocenters. The van der Waals surface area contributed by atoms with Gasteiger partial charge in [0.25, 0.3) is 5.91 Å². The standard InChI is InChI=1S/C24H33N5O4/c1-23(2,3)18(29(22(32)33)24(4,5)6)20(30)27-12-15-11-14(27)13-28(15)21(31)19-25-16-9-7-8-10-17(16)26-19/h7-10,14-15,18H,11-13H2,1-6H3,(H,25,26)(H,32,33)/t14-,15-,18+/m0/s1. The summed E-state index contributed by atoms with van der Waals surface area (Å²) in [5, 5.41) is 9.96. The number of nitrogens with zero attached hydrogens (tertiary/aromatic N) is 4. The number of rotatable bonds is 3. The number of hydrogen-bond acceptors (Lipinski definition) is 4. The van der Waals surface area contributed by atoms with Crippen LogP contribution in [0.25, 0.3) is 11.0 Å². The van der Waals surface area contributed by atoms with Crippen LogP contribution in [0.5, 0.6) is 0 Å². The number of likely N-dealkylation sites (tertiary alicyclic amines) is 2. The zero-order valence-electron chi connectivity index (χ0n) is 20.1. The van der Waals surface area contributed by atoms with Crippen LogP contribution < -0.4 is 0 Å². The predicted octanol–water partition coefficient (Wildman–Crippen LogP) is 3.18. The Kier molecular flexibility index (Phi) is 5.41. The molecule has 0 spiro atoms. The summed E-state index contributed by atoms with van der Waals surface area (Å²) in [5.41, 5.74) is 0.229. The first kappa shape index (κ1) is 23.1. The molecule has 3 heterocycles. The highest BCUT2D eigenvalue weighted by atomic mass is 16.4. The molecule has 3 amide bonds. The van der Waals surface area contributed by atoms with Crippen LogP contribution in [0.15, 0.2) is 24.3 Å². The van der Waals surface area contributed by atoms with Gasteiger partial charge >= 0.3 is 6.09 Å². The second-order valence-electron chi connectivity index (χ2n) is 11.2. The summed E-state index contributed by atoms with van der Waals surface area (Å²) in [6.45, 7) is 11.9. The molecule has 0 aliphatic carbocycles. The van der Waals surface area contributed by atoms with Gasteiger partial charge in [0.2, 0.25) is 5.91 Å². The maximum atomic E-state index is 13.7. The number of aromatic nitrogens is 2. The van der Waals surface area contributed by atoms with Crippen LogP contribution in [0, 0.1) is 5.41 Å². The molecular formula is C24H33N5O4. The number of carbonyl (C=O) groups is 3. The summed E-state index contributed by atoms with van der Waals surface area (Å²) >= 11 is 0. The van der Waals surface area contributed by atoms with Crippen molar-refractivity contribution < 1.29 is 19.5 Å². The SMILES string of the molecule is CC(C)(C)[C@@H](C(=O)N1C[C@@H]2C[C@H]1CN2C(=O)c1nc2ccccc2[nH]1)N(C(=O)O)C(C)(C)C. The molecule has 2 N–H and O–H groups in total. The van der Waals surface area contributed by atoms with E-state index in [0.29, 0.717) is 25.3 Å². The lowest BCUT2D eigenvalue weighted by Crippen LogP contribution is -2.64. The molecule has 0 saturated carbocycles. The van der Waals surface area contributed by atoms with Crippen LogP contribution in [-0.2, 0) is 4.79 Å². The van der Waals surface area contributed by atoms with Crippen molar-refractivity contribution in [2.75, 3.05) is 13.1 Å². The molecule has 1 aromatic carbocycles. The van der Waals surface area contributed by atoms with Crippen LogP contribution in [0.4, 0.5) is 4.79 Å². The minimum absolute atomic E-state index is 0.104. The summed E-state index contributed by atoms with van der Waals surface area (Å²) in [4.78, 5) is 51.4. The van der Waals surface area contributed by atoms with E-state index in [1.54, 1.807) is 30.6 Å². The fourth-order valence-electron chi connectivity index (χ4n) is 5.19. The summed E-state index contributed by atoms with van der Waals surface area (Å²) in [6, 6.07) is 6.45.